The minimum atomic E-state index is 0.935. The molecule has 0 fully saturated rings. The normalized spacial score (nSPS) is 17.0. The number of rotatable bonds is 2. The maximum atomic E-state index is 3.70. The highest BCUT2D eigenvalue weighted by Crippen LogP contribution is 2.07. The average Bonchev–Trinajstić information content (AvgIpc) is 2.05. The van der Waals surface area contributed by atoms with Crippen LogP contribution in [0.4, 0.5) is 0 Å². The summed E-state index contributed by atoms with van der Waals surface area (Å²) in [5, 5.41) is 4.17. The second kappa shape index (κ2) is 3.39. The van der Waals surface area contributed by atoms with Crippen LogP contribution in [0.15, 0.2) is 36.6 Å². The van der Waals surface area contributed by atoms with Gasteiger partial charge in [0.2, 0.25) is 0 Å². The Kier molecular flexibility index (Phi) is 2.49. The topological polar surface area (TPSA) is 6.48 Å². The molecule has 0 aliphatic carbocycles. The van der Waals surface area contributed by atoms with E-state index in [0.29, 0.717) is 0 Å². The molecule has 0 bridgehead atoms. The van der Waals surface area contributed by atoms with Gasteiger partial charge in [-0.15, -0.1) is 0 Å². The lowest BCUT2D eigenvalue weighted by molar-refractivity contribution is 0.0954. The molecule has 1 aliphatic heterocycles. The lowest BCUT2D eigenvalue weighted by atomic mass is 10.2. The van der Waals surface area contributed by atoms with Crippen molar-refractivity contribution in [1.29, 1.82) is 0 Å². The Morgan fingerprint density at radius 2 is 2.36 bits per heavy atom. The monoisotopic (exact) mass is 150 g/mol. The highest BCUT2D eigenvalue weighted by molar-refractivity contribution is 5.31. The van der Waals surface area contributed by atoms with Crippen LogP contribution in [0.25, 0.3) is 0 Å². The van der Waals surface area contributed by atoms with Crippen molar-refractivity contribution < 1.29 is 0 Å². The lowest BCUT2D eigenvalue weighted by Gasteiger charge is -2.28. The number of nitrogens with zero attached hydrogens (tertiary/aromatic N) is 2. The summed E-state index contributed by atoms with van der Waals surface area (Å²) < 4.78 is 0. The van der Waals surface area contributed by atoms with Gasteiger partial charge in [-0.3, -0.25) is 0 Å². The fourth-order valence-corrected chi connectivity index (χ4v) is 0.948. The zero-order valence-corrected chi connectivity index (χ0v) is 7.12. The van der Waals surface area contributed by atoms with Gasteiger partial charge in [-0.1, -0.05) is 18.7 Å². The van der Waals surface area contributed by atoms with Crippen molar-refractivity contribution in [2.45, 2.75) is 0 Å². The van der Waals surface area contributed by atoms with Crippen molar-refractivity contribution in [2.24, 2.45) is 0 Å². The van der Waals surface area contributed by atoms with E-state index in [2.05, 4.69) is 29.9 Å². The smallest absolute Gasteiger partial charge is 0.0529 e. The minimum Gasteiger partial charge on any atom is -0.310 e. The van der Waals surface area contributed by atoms with Gasteiger partial charge in [-0.05, 0) is 11.6 Å². The van der Waals surface area contributed by atoms with Gasteiger partial charge in [0.05, 0.1) is 6.54 Å². The predicted molar refractivity (Wildman–Crippen MR) is 47.8 cm³/mol. The lowest BCUT2D eigenvalue weighted by Crippen LogP contribution is -2.33. The molecule has 0 spiro atoms. The van der Waals surface area contributed by atoms with Gasteiger partial charge < -0.3 is 5.01 Å². The van der Waals surface area contributed by atoms with Crippen LogP contribution in [0.5, 0.6) is 0 Å². The molecular weight excluding hydrogens is 136 g/mol. The first-order valence-electron chi connectivity index (χ1n) is 3.68. The molecule has 0 aromatic heterocycles. The summed E-state index contributed by atoms with van der Waals surface area (Å²) in [6.45, 7) is 4.64. The molecule has 0 unspecified atom stereocenters. The van der Waals surface area contributed by atoms with Gasteiger partial charge in [0, 0.05) is 20.3 Å². The van der Waals surface area contributed by atoms with Crippen LogP contribution < -0.4 is 0 Å². The first kappa shape index (κ1) is 8.08. The van der Waals surface area contributed by atoms with Crippen molar-refractivity contribution in [3.05, 3.63) is 36.6 Å². The minimum absolute atomic E-state index is 0.935. The molecule has 2 heteroatoms. The third-order valence-corrected chi connectivity index (χ3v) is 1.70. The molecule has 2 nitrogen and oxygen atoms in total. The van der Waals surface area contributed by atoms with Crippen molar-refractivity contribution >= 4 is 0 Å². The van der Waals surface area contributed by atoms with Crippen LogP contribution in [-0.4, -0.2) is 30.7 Å². The third-order valence-electron chi connectivity index (χ3n) is 1.70. The molecule has 1 aliphatic rings. The van der Waals surface area contributed by atoms with Gasteiger partial charge in [0.15, 0.2) is 0 Å². The maximum absolute atomic E-state index is 3.70. The molecule has 0 aromatic rings. The van der Waals surface area contributed by atoms with Gasteiger partial charge in [-0.2, -0.15) is 0 Å². The fraction of sp³-hybridized carbons (Fsp3) is 0.333. The van der Waals surface area contributed by atoms with E-state index >= 15 is 0 Å². The summed E-state index contributed by atoms with van der Waals surface area (Å²) in [6.07, 6.45) is 8.12. The van der Waals surface area contributed by atoms with E-state index in [1.165, 1.54) is 5.57 Å². The van der Waals surface area contributed by atoms with E-state index in [1.54, 1.807) is 0 Å². The van der Waals surface area contributed by atoms with Crippen LogP contribution >= 0.6 is 0 Å². The summed E-state index contributed by atoms with van der Waals surface area (Å²) >= 11 is 0. The fourth-order valence-electron chi connectivity index (χ4n) is 0.948. The Morgan fingerprint density at radius 1 is 1.64 bits per heavy atom. The molecule has 1 heterocycles. The average molecular weight is 150 g/mol. The molecule has 0 saturated heterocycles. The molecule has 0 amide bonds. The summed E-state index contributed by atoms with van der Waals surface area (Å²) in [7, 11) is 4.05. The Morgan fingerprint density at radius 3 is 2.73 bits per heavy atom. The maximum Gasteiger partial charge on any atom is 0.0529 e. The van der Waals surface area contributed by atoms with Crippen LogP contribution in [0, 0.1) is 0 Å². The van der Waals surface area contributed by atoms with Gasteiger partial charge in [-0.25, -0.2) is 5.01 Å². The zero-order chi connectivity index (χ0) is 8.27. The van der Waals surface area contributed by atoms with E-state index in [1.807, 2.05) is 25.2 Å². The highest BCUT2D eigenvalue weighted by Gasteiger charge is 2.02. The van der Waals surface area contributed by atoms with Crippen molar-refractivity contribution in [3.8, 4) is 0 Å². The molecular formula is C9H14N2. The highest BCUT2D eigenvalue weighted by atomic mass is 15.6. The van der Waals surface area contributed by atoms with Crippen molar-refractivity contribution in [3.63, 3.8) is 0 Å². The molecule has 0 saturated carbocycles. The Hall–Kier alpha value is -1.02. The third kappa shape index (κ3) is 1.95. The Labute approximate surface area is 68.1 Å². The molecule has 11 heavy (non-hydrogen) atoms. The largest absolute Gasteiger partial charge is 0.310 e. The van der Waals surface area contributed by atoms with Crippen molar-refractivity contribution in [2.75, 3.05) is 20.6 Å². The standard InChI is InChI=1S/C9H14N2/c1-4-9-5-7-11(8-6-9)10(2)3/h4-7H,1,8H2,2-3H3. The first-order valence-corrected chi connectivity index (χ1v) is 3.68. The van der Waals surface area contributed by atoms with Crippen LogP contribution in [-0.2, 0) is 0 Å². The van der Waals surface area contributed by atoms with Gasteiger partial charge in [0.1, 0.15) is 0 Å². The van der Waals surface area contributed by atoms with Crippen molar-refractivity contribution in [1.82, 2.24) is 10.0 Å². The molecule has 0 aromatic carbocycles. The van der Waals surface area contributed by atoms with E-state index in [-0.39, 0.29) is 0 Å². The number of hydrogen-bond donors (Lipinski definition) is 0. The molecule has 60 valence electrons. The van der Waals surface area contributed by atoms with E-state index < -0.39 is 0 Å². The SMILES string of the molecule is C=CC1=CCN(N(C)C)C=C1. The zero-order valence-electron chi connectivity index (χ0n) is 7.12. The van der Waals surface area contributed by atoms with Crippen LogP contribution in [0.3, 0.4) is 0 Å². The molecule has 0 atom stereocenters. The molecule has 1 rings (SSSR count). The van der Waals surface area contributed by atoms with Crippen LogP contribution in [0.2, 0.25) is 0 Å². The summed E-state index contributed by atoms with van der Waals surface area (Å²) in [5.74, 6) is 0. The number of allylic oxidation sites excluding steroid dienone is 3. The second-order valence-corrected chi connectivity index (χ2v) is 2.69. The molecule has 0 radical (unpaired) electrons. The summed E-state index contributed by atoms with van der Waals surface area (Å²) in [5.41, 5.74) is 1.20. The predicted octanol–water partition coefficient (Wildman–Crippen LogP) is 1.40. The summed E-state index contributed by atoms with van der Waals surface area (Å²) in [6, 6.07) is 0. The Balaban J connectivity index is 2.57. The van der Waals surface area contributed by atoms with E-state index in [9.17, 15) is 0 Å². The van der Waals surface area contributed by atoms with Gasteiger partial charge in [0.25, 0.3) is 0 Å². The first-order chi connectivity index (χ1) is 5.24. The number of hydrogen-bond acceptors (Lipinski definition) is 2. The van der Waals surface area contributed by atoms with Crippen LogP contribution in [0.1, 0.15) is 0 Å². The molecule has 0 N–H and O–H groups in total. The van der Waals surface area contributed by atoms with E-state index in [4.69, 9.17) is 0 Å². The number of hydrazine groups is 1. The van der Waals surface area contributed by atoms with Gasteiger partial charge >= 0.3 is 0 Å². The van der Waals surface area contributed by atoms with E-state index in [0.717, 1.165) is 6.54 Å². The summed E-state index contributed by atoms with van der Waals surface area (Å²) in [4.78, 5) is 0. The quantitative estimate of drug-likeness (QED) is 0.587. The second-order valence-electron chi connectivity index (χ2n) is 2.69. The Bertz CT molecular complexity index is 202.